The number of ether oxygens (including phenoxy) is 1. The minimum Gasteiger partial charge on any atom is -0.377 e. The Balaban J connectivity index is 2.81. The van der Waals surface area contributed by atoms with E-state index in [-0.39, 0.29) is 0 Å². The molecule has 0 unspecified atom stereocenters. The molecule has 0 amide bonds. The standard InChI is InChI=1S/C11H22O/c1-3-5-7-8-9-11-12-10-6-4-2/h4,6H,3,5,7-11H2,1-2H3. The maximum Gasteiger partial charge on any atom is 0.0647 e. The van der Waals surface area contributed by atoms with Gasteiger partial charge in [-0.1, -0.05) is 44.8 Å². The molecule has 0 aromatic rings. The van der Waals surface area contributed by atoms with Gasteiger partial charge in [0.1, 0.15) is 0 Å². The highest BCUT2D eigenvalue weighted by Crippen LogP contribution is 2.01. The molecule has 0 radical (unpaired) electrons. The fraction of sp³-hybridized carbons (Fsp3) is 0.818. The number of allylic oxidation sites excluding steroid dienone is 1. The van der Waals surface area contributed by atoms with Crippen molar-refractivity contribution in [3.63, 3.8) is 0 Å². The van der Waals surface area contributed by atoms with Gasteiger partial charge in [-0.05, 0) is 13.3 Å². The van der Waals surface area contributed by atoms with Gasteiger partial charge in [0.25, 0.3) is 0 Å². The summed E-state index contributed by atoms with van der Waals surface area (Å²) < 4.78 is 5.37. The smallest absolute Gasteiger partial charge is 0.0647 e. The number of rotatable bonds is 8. The second kappa shape index (κ2) is 10.7. The molecule has 1 nitrogen and oxygen atoms in total. The first-order valence-electron chi connectivity index (χ1n) is 5.10. The van der Waals surface area contributed by atoms with Crippen LogP contribution >= 0.6 is 0 Å². The van der Waals surface area contributed by atoms with Crippen LogP contribution in [0, 0.1) is 0 Å². The summed E-state index contributed by atoms with van der Waals surface area (Å²) in [5.41, 5.74) is 0. The van der Waals surface area contributed by atoms with Gasteiger partial charge in [0.15, 0.2) is 0 Å². The van der Waals surface area contributed by atoms with Crippen molar-refractivity contribution in [2.45, 2.75) is 46.0 Å². The lowest BCUT2D eigenvalue weighted by atomic mass is 10.2. The van der Waals surface area contributed by atoms with Crippen LogP contribution in [0.4, 0.5) is 0 Å². The summed E-state index contributed by atoms with van der Waals surface area (Å²) in [6, 6.07) is 0. The first-order chi connectivity index (χ1) is 5.91. The largest absolute Gasteiger partial charge is 0.377 e. The van der Waals surface area contributed by atoms with Crippen LogP contribution < -0.4 is 0 Å². The van der Waals surface area contributed by atoms with Gasteiger partial charge in [-0.3, -0.25) is 0 Å². The number of unbranched alkanes of at least 4 members (excludes halogenated alkanes) is 4. The molecule has 0 N–H and O–H groups in total. The van der Waals surface area contributed by atoms with Crippen LogP contribution in [0.5, 0.6) is 0 Å². The van der Waals surface area contributed by atoms with Crippen molar-refractivity contribution in [1.29, 1.82) is 0 Å². The van der Waals surface area contributed by atoms with Crippen LogP contribution in [0.1, 0.15) is 46.0 Å². The molecule has 0 aliphatic heterocycles. The molecule has 72 valence electrons. The summed E-state index contributed by atoms with van der Waals surface area (Å²) in [6.45, 7) is 5.96. The van der Waals surface area contributed by atoms with E-state index in [4.69, 9.17) is 4.74 Å². The van der Waals surface area contributed by atoms with Gasteiger partial charge in [0.05, 0.1) is 6.61 Å². The summed E-state index contributed by atoms with van der Waals surface area (Å²) in [7, 11) is 0. The number of hydrogen-bond donors (Lipinski definition) is 0. The van der Waals surface area contributed by atoms with Crippen molar-refractivity contribution < 1.29 is 4.74 Å². The normalized spacial score (nSPS) is 11.2. The third-order valence-corrected chi connectivity index (χ3v) is 1.84. The van der Waals surface area contributed by atoms with Crippen molar-refractivity contribution in [1.82, 2.24) is 0 Å². The SMILES string of the molecule is CC=CCOCCCCCCC. The Morgan fingerprint density at radius 3 is 2.50 bits per heavy atom. The first kappa shape index (κ1) is 11.7. The Kier molecular flexibility index (Phi) is 10.4. The molecular weight excluding hydrogens is 148 g/mol. The molecule has 0 bridgehead atoms. The van der Waals surface area contributed by atoms with Crippen LogP contribution in [-0.2, 0) is 4.74 Å². The second-order valence-corrected chi connectivity index (χ2v) is 3.06. The lowest BCUT2D eigenvalue weighted by molar-refractivity contribution is 0.157. The zero-order valence-electron chi connectivity index (χ0n) is 8.51. The Hall–Kier alpha value is -0.300. The molecule has 0 aromatic heterocycles. The molecule has 0 aliphatic rings. The highest BCUT2D eigenvalue weighted by Gasteiger charge is 1.88. The van der Waals surface area contributed by atoms with E-state index in [1.54, 1.807) is 0 Å². The monoisotopic (exact) mass is 170 g/mol. The average Bonchev–Trinajstić information content (AvgIpc) is 2.10. The molecule has 0 aromatic carbocycles. The van der Waals surface area contributed by atoms with Crippen LogP contribution in [0.25, 0.3) is 0 Å². The predicted molar refractivity (Wildman–Crippen MR) is 54.4 cm³/mol. The lowest BCUT2D eigenvalue weighted by Gasteiger charge is -2.00. The Bertz CT molecular complexity index is 97.2. The molecule has 0 fully saturated rings. The highest BCUT2D eigenvalue weighted by atomic mass is 16.5. The fourth-order valence-electron chi connectivity index (χ4n) is 1.06. The van der Waals surface area contributed by atoms with Gasteiger partial charge in [-0.25, -0.2) is 0 Å². The topological polar surface area (TPSA) is 9.23 Å². The van der Waals surface area contributed by atoms with Crippen molar-refractivity contribution in [3.8, 4) is 0 Å². The summed E-state index contributed by atoms with van der Waals surface area (Å²) in [5.74, 6) is 0. The quantitative estimate of drug-likeness (QED) is 0.400. The van der Waals surface area contributed by atoms with Crippen LogP contribution in [0.2, 0.25) is 0 Å². The molecule has 0 heterocycles. The van der Waals surface area contributed by atoms with Crippen molar-refractivity contribution in [2.75, 3.05) is 13.2 Å². The van der Waals surface area contributed by atoms with Crippen LogP contribution in [-0.4, -0.2) is 13.2 Å². The zero-order chi connectivity index (χ0) is 9.07. The zero-order valence-corrected chi connectivity index (χ0v) is 8.51. The van der Waals surface area contributed by atoms with Crippen molar-refractivity contribution in [3.05, 3.63) is 12.2 Å². The van der Waals surface area contributed by atoms with E-state index in [1.807, 2.05) is 19.1 Å². The van der Waals surface area contributed by atoms with Crippen molar-refractivity contribution in [2.24, 2.45) is 0 Å². The van der Waals surface area contributed by atoms with E-state index in [2.05, 4.69) is 6.92 Å². The highest BCUT2D eigenvalue weighted by molar-refractivity contribution is 4.75. The van der Waals surface area contributed by atoms with E-state index < -0.39 is 0 Å². The molecule has 0 aliphatic carbocycles. The minimum atomic E-state index is 0.782. The van der Waals surface area contributed by atoms with E-state index in [1.165, 1.54) is 32.1 Å². The average molecular weight is 170 g/mol. The minimum absolute atomic E-state index is 0.782. The molecule has 0 atom stereocenters. The Labute approximate surface area is 76.8 Å². The van der Waals surface area contributed by atoms with Gasteiger partial charge in [-0.15, -0.1) is 0 Å². The molecular formula is C11H22O. The summed E-state index contributed by atoms with van der Waals surface area (Å²) >= 11 is 0. The molecule has 0 rings (SSSR count). The summed E-state index contributed by atoms with van der Waals surface area (Å²) in [4.78, 5) is 0. The maximum absolute atomic E-state index is 5.37. The summed E-state index contributed by atoms with van der Waals surface area (Å²) in [6.07, 6.45) is 10.7. The first-order valence-corrected chi connectivity index (χ1v) is 5.10. The van der Waals surface area contributed by atoms with Gasteiger partial charge < -0.3 is 4.74 Å². The Morgan fingerprint density at radius 2 is 1.83 bits per heavy atom. The Morgan fingerprint density at radius 1 is 1.08 bits per heavy atom. The molecule has 12 heavy (non-hydrogen) atoms. The van der Waals surface area contributed by atoms with Gasteiger partial charge >= 0.3 is 0 Å². The van der Waals surface area contributed by atoms with E-state index >= 15 is 0 Å². The fourth-order valence-corrected chi connectivity index (χ4v) is 1.06. The third kappa shape index (κ3) is 9.70. The van der Waals surface area contributed by atoms with Gasteiger partial charge in [-0.2, -0.15) is 0 Å². The molecule has 0 spiro atoms. The van der Waals surface area contributed by atoms with E-state index in [9.17, 15) is 0 Å². The number of hydrogen-bond acceptors (Lipinski definition) is 1. The predicted octanol–water partition coefficient (Wildman–Crippen LogP) is 3.55. The summed E-state index contributed by atoms with van der Waals surface area (Å²) in [5, 5.41) is 0. The van der Waals surface area contributed by atoms with Crippen molar-refractivity contribution >= 4 is 0 Å². The molecule has 0 saturated heterocycles. The van der Waals surface area contributed by atoms with Crippen LogP contribution in [0.15, 0.2) is 12.2 Å². The van der Waals surface area contributed by atoms with Crippen LogP contribution in [0.3, 0.4) is 0 Å². The molecule has 1 heteroatoms. The maximum atomic E-state index is 5.37. The lowest BCUT2D eigenvalue weighted by Crippen LogP contribution is -1.93. The van der Waals surface area contributed by atoms with Gasteiger partial charge in [0.2, 0.25) is 0 Å². The molecule has 0 saturated carbocycles. The van der Waals surface area contributed by atoms with E-state index in [0.717, 1.165) is 13.2 Å². The van der Waals surface area contributed by atoms with Gasteiger partial charge in [0, 0.05) is 6.61 Å². The van der Waals surface area contributed by atoms with E-state index in [0.29, 0.717) is 0 Å². The second-order valence-electron chi connectivity index (χ2n) is 3.06. The third-order valence-electron chi connectivity index (χ3n) is 1.84.